The zero-order valence-electron chi connectivity index (χ0n) is 25.4. The lowest BCUT2D eigenvalue weighted by molar-refractivity contribution is 0.748. The fourth-order valence-electron chi connectivity index (χ4n) is 7.55. The van der Waals surface area contributed by atoms with E-state index in [0.29, 0.717) is 0 Å². The predicted octanol–water partition coefficient (Wildman–Crippen LogP) is 10.4. The highest BCUT2D eigenvalue weighted by molar-refractivity contribution is 5.95. The van der Waals surface area contributed by atoms with Crippen molar-refractivity contribution in [1.82, 2.24) is 9.97 Å². The summed E-state index contributed by atoms with van der Waals surface area (Å²) in [5.41, 5.74) is 13.9. The molecule has 1 aliphatic carbocycles. The molecule has 2 aliphatic rings. The largest absolute Gasteiger partial charge is 0.310 e. The molecule has 3 heterocycles. The molecule has 4 nitrogen and oxygen atoms in total. The lowest BCUT2D eigenvalue weighted by Crippen LogP contribution is -2.36. The van der Waals surface area contributed by atoms with Gasteiger partial charge in [-0.15, -0.1) is 0 Å². The molecule has 9 rings (SSSR count). The zero-order chi connectivity index (χ0) is 30.7. The summed E-state index contributed by atoms with van der Waals surface area (Å²) in [5.74, 6) is 0. The van der Waals surface area contributed by atoms with E-state index >= 15 is 0 Å². The third kappa shape index (κ3) is 3.74. The summed E-state index contributed by atoms with van der Waals surface area (Å²) in [5, 5.41) is 0. The number of benzene rings is 5. The van der Waals surface area contributed by atoms with Gasteiger partial charge in [-0.3, -0.25) is 9.97 Å². The summed E-state index contributed by atoms with van der Waals surface area (Å²) in [6.45, 7) is 2.18. The predicted molar refractivity (Wildman–Crippen MR) is 187 cm³/mol. The quantitative estimate of drug-likeness (QED) is 0.204. The summed E-state index contributed by atoms with van der Waals surface area (Å²) in [7, 11) is 0. The molecular formula is C42H30N4. The van der Waals surface area contributed by atoms with Crippen LogP contribution in [0.25, 0.3) is 11.4 Å². The molecule has 1 spiro atoms. The van der Waals surface area contributed by atoms with Gasteiger partial charge in [0.05, 0.1) is 28.2 Å². The fraction of sp³-hybridized carbons (Fsp3) is 0.0476. The lowest BCUT2D eigenvalue weighted by Gasteiger charge is -2.45. The van der Waals surface area contributed by atoms with Crippen LogP contribution >= 0.6 is 0 Å². The Bertz CT molecular complexity index is 2140. The molecule has 4 heteroatoms. The maximum atomic E-state index is 4.96. The molecule has 0 fully saturated rings. The molecule has 0 radical (unpaired) electrons. The maximum Gasteiger partial charge on any atom is 0.0937 e. The van der Waals surface area contributed by atoms with Crippen molar-refractivity contribution in [1.29, 1.82) is 0 Å². The number of hydrogen-bond donors (Lipinski definition) is 0. The average Bonchev–Trinajstić information content (AvgIpc) is 3.41. The van der Waals surface area contributed by atoms with E-state index in [1.165, 1.54) is 16.7 Å². The highest BCUT2D eigenvalue weighted by Crippen LogP contribution is 2.63. The minimum Gasteiger partial charge on any atom is -0.310 e. The monoisotopic (exact) mass is 590 g/mol. The van der Waals surface area contributed by atoms with Crippen molar-refractivity contribution in [2.75, 3.05) is 9.80 Å². The number of nitrogens with zero attached hydrogens (tertiary/aromatic N) is 4. The first-order chi connectivity index (χ1) is 22.7. The van der Waals surface area contributed by atoms with Crippen molar-refractivity contribution >= 4 is 34.1 Å². The molecule has 0 saturated heterocycles. The molecule has 0 unspecified atom stereocenters. The van der Waals surface area contributed by atoms with Crippen molar-refractivity contribution in [2.24, 2.45) is 0 Å². The van der Waals surface area contributed by atoms with Crippen LogP contribution in [0.3, 0.4) is 0 Å². The lowest BCUT2D eigenvalue weighted by atomic mass is 9.64. The molecule has 1 aliphatic heterocycles. The highest BCUT2D eigenvalue weighted by atomic mass is 15.2. The van der Waals surface area contributed by atoms with E-state index < -0.39 is 5.41 Å². The number of pyridine rings is 2. The van der Waals surface area contributed by atoms with Gasteiger partial charge in [-0.1, -0.05) is 84.4 Å². The molecule has 0 N–H and O–H groups in total. The molecule has 5 aromatic carbocycles. The molecule has 7 aromatic rings. The van der Waals surface area contributed by atoms with Crippen LogP contribution in [0.4, 0.5) is 34.1 Å². The van der Waals surface area contributed by atoms with Crippen LogP contribution in [-0.2, 0) is 5.41 Å². The number of anilines is 6. The Morgan fingerprint density at radius 1 is 0.478 bits per heavy atom. The molecule has 0 saturated carbocycles. The minimum atomic E-state index is -0.621. The van der Waals surface area contributed by atoms with Crippen LogP contribution in [-0.4, -0.2) is 9.97 Å². The van der Waals surface area contributed by atoms with Gasteiger partial charge in [-0.05, 0) is 102 Å². The van der Waals surface area contributed by atoms with Gasteiger partial charge in [0.1, 0.15) is 0 Å². The van der Waals surface area contributed by atoms with Gasteiger partial charge in [0.25, 0.3) is 0 Å². The molecule has 0 atom stereocenters. The van der Waals surface area contributed by atoms with E-state index in [2.05, 4.69) is 168 Å². The first-order valence-electron chi connectivity index (χ1n) is 15.7. The van der Waals surface area contributed by atoms with E-state index in [-0.39, 0.29) is 0 Å². The summed E-state index contributed by atoms with van der Waals surface area (Å²) < 4.78 is 0. The molecule has 218 valence electrons. The van der Waals surface area contributed by atoms with Crippen molar-refractivity contribution in [3.63, 3.8) is 0 Å². The van der Waals surface area contributed by atoms with Gasteiger partial charge in [-0.25, -0.2) is 0 Å². The average molecular weight is 591 g/mol. The number of aromatic nitrogens is 2. The Hall–Kier alpha value is -6.00. The molecule has 0 amide bonds. The fourth-order valence-corrected chi connectivity index (χ4v) is 7.55. The van der Waals surface area contributed by atoms with Gasteiger partial charge >= 0.3 is 0 Å². The Balaban J connectivity index is 1.42. The molecular weight excluding hydrogens is 560 g/mol. The van der Waals surface area contributed by atoms with Gasteiger partial charge in [0.15, 0.2) is 0 Å². The zero-order valence-corrected chi connectivity index (χ0v) is 25.4. The second-order valence-corrected chi connectivity index (χ2v) is 11.9. The summed E-state index contributed by atoms with van der Waals surface area (Å²) >= 11 is 0. The van der Waals surface area contributed by atoms with Crippen LogP contribution in [0, 0.1) is 6.92 Å². The second kappa shape index (κ2) is 10.3. The Kier molecular flexibility index (Phi) is 5.90. The SMILES string of the molecule is Cc1ccc2c(c1)C1(c3cc(N(c4ccccc4)c4ccccc4)ccc3N2c2ccccc2)c2cccnc2-c2ncccc21. The van der Waals surface area contributed by atoms with Crippen molar-refractivity contribution in [3.05, 3.63) is 192 Å². The number of para-hydroxylation sites is 3. The number of rotatable bonds is 4. The normalized spacial score (nSPS) is 13.5. The smallest absolute Gasteiger partial charge is 0.0937 e. The second-order valence-electron chi connectivity index (χ2n) is 11.9. The molecule has 0 bridgehead atoms. The molecule has 2 aromatic heterocycles. The molecule has 46 heavy (non-hydrogen) atoms. The van der Waals surface area contributed by atoms with Crippen LogP contribution < -0.4 is 9.80 Å². The van der Waals surface area contributed by atoms with Crippen LogP contribution in [0.5, 0.6) is 0 Å². The van der Waals surface area contributed by atoms with E-state index in [9.17, 15) is 0 Å². The topological polar surface area (TPSA) is 32.3 Å². The Morgan fingerprint density at radius 3 is 1.59 bits per heavy atom. The maximum absolute atomic E-state index is 4.96. The Labute approximate surface area is 268 Å². The van der Waals surface area contributed by atoms with Gasteiger partial charge in [-0.2, -0.15) is 0 Å². The third-order valence-electron chi connectivity index (χ3n) is 9.37. The highest BCUT2D eigenvalue weighted by Gasteiger charge is 2.53. The van der Waals surface area contributed by atoms with Crippen molar-refractivity contribution in [2.45, 2.75) is 12.3 Å². The Morgan fingerprint density at radius 2 is 1.00 bits per heavy atom. The van der Waals surface area contributed by atoms with Gasteiger partial charge in [0.2, 0.25) is 0 Å². The first kappa shape index (κ1) is 26.4. The summed E-state index contributed by atoms with van der Waals surface area (Å²) in [6, 6.07) is 54.3. The van der Waals surface area contributed by atoms with E-state index in [0.717, 1.165) is 56.6 Å². The minimum absolute atomic E-state index is 0.621. The van der Waals surface area contributed by atoms with Gasteiger partial charge < -0.3 is 9.80 Å². The van der Waals surface area contributed by atoms with E-state index in [4.69, 9.17) is 9.97 Å². The van der Waals surface area contributed by atoms with Crippen molar-refractivity contribution in [3.8, 4) is 11.4 Å². The third-order valence-corrected chi connectivity index (χ3v) is 9.37. The first-order valence-corrected chi connectivity index (χ1v) is 15.7. The number of hydrogen-bond acceptors (Lipinski definition) is 4. The van der Waals surface area contributed by atoms with E-state index in [1.807, 2.05) is 12.4 Å². The summed E-state index contributed by atoms with van der Waals surface area (Å²) in [6.07, 6.45) is 3.77. The standard InChI is InChI=1S/C42H30N4/c1-29-21-23-38-36(27-29)42(34-19-11-25-43-40(34)41-35(42)20-12-26-44-41)37-28-33(22-24-39(37)46(38)32-17-9-4-10-18-32)45(30-13-5-2-6-14-30)31-15-7-3-8-16-31/h2-28H,1H3. The number of fused-ring (bicyclic) bond motifs is 9. The summed E-state index contributed by atoms with van der Waals surface area (Å²) in [4.78, 5) is 14.7. The van der Waals surface area contributed by atoms with Crippen molar-refractivity contribution < 1.29 is 0 Å². The number of aryl methyl sites for hydroxylation is 1. The van der Waals surface area contributed by atoms with E-state index in [1.54, 1.807) is 0 Å². The van der Waals surface area contributed by atoms with Crippen LogP contribution in [0.2, 0.25) is 0 Å². The van der Waals surface area contributed by atoms with Crippen LogP contribution in [0.15, 0.2) is 164 Å². The van der Waals surface area contributed by atoms with Crippen LogP contribution in [0.1, 0.15) is 27.8 Å². The van der Waals surface area contributed by atoms with Gasteiger partial charge in [0, 0.05) is 35.1 Å².